The van der Waals surface area contributed by atoms with Crippen LogP contribution in [-0.4, -0.2) is 11.0 Å². The molecule has 1 aromatic carbocycles. The second-order valence-corrected chi connectivity index (χ2v) is 5.56. The molecule has 3 nitrogen and oxygen atoms in total. The average molecular weight is 391 g/mol. The van der Waals surface area contributed by atoms with Crippen LogP contribution < -0.4 is 4.74 Å². The highest BCUT2D eigenvalue weighted by Gasteiger charge is 2.11. The van der Waals surface area contributed by atoms with Crippen LogP contribution in [0.25, 0.3) is 0 Å². The van der Waals surface area contributed by atoms with Gasteiger partial charge in [-0.25, -0.2) is 4.79 Å². The predicted octanol–water partition coefficient (Wildman–Crippen LogP) is 4.48. The molecule has 0 bridgehead atoms. The molecule has 1 heterocycles. The lowest BCUT2D eigenvalue weighted by Gasteiger charge is -2.06. The normalized spacial score (nSPS) is 10.2. The topological polar surface area (TPSA) is 39.2 Å². The van der Waals surface area contributed by atoms with E-state index < -0.39 is 5.97 Å². The van der Waals surface area contributed by atoms with Crippen LogP contribution in [0.15, 0.2) is 45.6 Å². The third-order valence-electron chi connectivity index (χ3n) is 2.04. The number of hydrogen-bond acceptors (Lipinski definition) is 3. The summed E-state index contributed by atoms with van der Waals surface area (Å²) in [6.45, 7) is 0. The van der Waals surface area contributed by atoms with E-state index in [0.717, 1.165) is 0 Å². The third kappa shape index (κ3) is 3.31. The summed E-state index contributed by atoms with van der Waals surface area (Å²) < 4.78 is 6.57. The molecule has 2 aromatic rings. The Morgan fingerprint density at radius 2 is 2.00 bits per heavy atom. The molecule has 0 spiro atoms. The van der Waals surface area contributed by atoms with Crippen LogP contribution >= 0.6 is 43.5 Å². The molecular formula is C12H6Br2ClNO2. The van der Waals surface area contributed by atoms with Crippen molar-refractivity contribution in [3.05, 3.63) is 56.2 Å². The second kappa shape index (κ2) is 5.82. The molecule has 0 amide bonds. The fraction of sp³-hybridized carbons (Fsp3) is 0. The molecule has 6 heteroatoms. The highest BCUT2D eigenvalue weighted by atomic mass is 79.9. The van der Waals surface area contributed by atoms with E-state index in [4.69, 9.17) is 16.3 Å². The molecule has 0 N–H and O–H groups in total. The number of nitrogens with zero attached hydrogens (tertiary/aromatic N) is 1. The first-order valence-electron chi connectivity index (χ1n) is 4.84. The van der Waals surface area contributed by atoms with Crippen molar-refractivity contribution < 1.29 is 9.53 Å². The van der Waals surface area contributed by atoms with Crippen LogP contribution in [0.3, 0.4) is 0 Å². The number of pyridine rings is 1. The zero-order valence-corrected chi connectivity index (χ0v) is 12.8. The van der Waals surface area contributed by atoms with E-state index in [9.17, 15) is 4.79 Å². The van der Waals surface area contributed by atoms with Crippen molar-refractivity contribution in [1.82, 2.24) is 4.98 Å². The molecule has 0 aliphatic carbocycles. The molecule has 0 atom stereocenters. The molecule has 0 radical (unpaired) electrons. The predicted molar refractivity (Wildman–Crippen MR) is 76.0 cm³/mol. The summed E-state index contributed by atoms with van der Waals surface area (Å²) in [4.78, 5) is 15.8. The van der Waals surface area contributed by atoms with E-state index in [1.807, 2.05) is 0 Å². The van der Waals surface area contributed by atoms with E-state index in [0.29, 0.717) is 25.3 Å². The minimum Gasteiger partial charge on any atom is -0.422 e. The number of ether oxygens (including phenoxy) is 1. The van der Waals surface area contributed by atoms with Crippen LogP contribution in [0.5, 0.6) is 5.75 Å². The fourth-order valence-corrected chi connectivity index (χ4v) is 2.37. The van der Waals surface area contributed by atoms with Crippen LogP contribution in [0.2, 0.25) is 5.02 Å². The lowest BCUT2D eigenvalue weighted by Crippen LogP contribution is -2.09. The van der Waals surface area contributed by atoms with Gasteiger partial charge in [0.2, 0.25) is 0 Å². The number of esters is 1. The number of rotatable bonds is 2. The molecule has 0 saturated heterocycles. The maximum Gasteiger partial charge on any atom is 0.345 e. The van der Waals surface area contributed by atoms with Gasteiger partial charge in [-0.1, -0.05) is 11.6 Å². The lowest BCUT2D eigenvalue weighted by molar-refractivity contribution is 0.0733. The maximum atomic E-state index is 11.9. The first-order valence-corrected chi connectivity index (χ1v) is 6.80. The molecular weight excluding hydrogens is 385 g/mol. The quantitative estimate of drug-likeness (QED) is 0.560. The Hall–Kier alpha value is -0.910. The number of aromatic nitrogens is 1. The van der Waals surface area contributed by atoms with Gasteiger partial charge in [-0.2, -0.15) is 0 Å². The van der Waals surface area contributed by atoms with E-state index in [2.05, 4.69) is 36.8 Å². The first kappa shape index (κ1) is 13.5. The van der Waals surface area contributed by atoms with E-state index in [1.54, 1.807) is 30.5 Å². The van der Waals surface area contributed by atoms with Crippen LogP contribution in [0, 0.1) is 0 Å². The Labute approximate surface area is 125 Å². The van der Waals surface area contributed by atoms with Crippen molar-refractivity contribution in [2.45, 2.75) is 0 Å². The monoisotopic (exact) mass is 389 g/mol. The smallest absolute Gasteiger partial charge is 0.345 e. The SMILES string of the molecule is O=C(Oc1ccc(Cl)cc1Br)c1cncc(Br)c1. The summed E-state index contributed by atoms with van der Waals surface area (Å²) in [6, 6.07) is 6.56. The van der Waals surface area contributed by atoms with Gasteiger partial charge in [-0.15, -0.1) is 0 Å². The summed E-state index contributed by atoms with van der Waals surface area (Å²) in [7, 11) is 0. The lowest BCUT2D eigenvalue weighted by atomic mass is 10.3. The zero-order chi connectivity index (χ0) is 13.1. The van der Waals surface area contributed by atoms with Gasteiger partial charge in [0.05, 0.1) is 10.0 Å². The van der Waals surface area contributed by atoms with Gasteiger partial charge in [-0.05, 0) is 56.1 Å². The molecule has 0 aliphatic heterocycles. The van der Waals surface area contributed by atoms with Crippen LogP contribution in [0.1, 0.15) is 10.4 Å². The summed E-state index contributed by atoms with van der Waals surface area (Å²) in [5.74, 6) is -0.0730. The van der Waals surface area contributed by atoms with Crippen molar-refractivity contribution in [3.63, 3.8) is 0 Å². The summed E-state index contributed by atoms with van der Waals surface area (Å²) in [6.07, 6.45) is 3.03. The number of hydrogen-bond donors (Lipinski definition) is 0. The Morgan fingerprint density at radius 1 is 1.22 bits per heavy atom. The van der Waals surface area contributed by atoms with Gasteiger partial charge in [0.25, 0.3) is 0 Å². The summed E-state index contributed by atoms with van der Waals surface area (Å²) >= 11 is 12.3. The van der Waals surface area contributed by atoms with Gasteiger partial charge in [0.15, 0.2) is 0 Å². The van der Waals surface area contributed by atoms with Crippen LogP contribution in [0.4, 0.5) is 0 Å². The molecule has 92 valence electrons. The minimum absolute atomic E-state index is 0.367. The number of carbonyl (C=O) groups excluding carboxylic acids is 1. The largest absolute Gasteiger partial charge is 0.422 e. The maximum absolute atomic E-state index is 11.9. The molecule has 1 aromatic heterocycles. The highest BCUT2D eigenvalue weighted by Crippen LogP contribution is 2.28. The molecule has 0 fully saturated rings. The molecule has 0 saturated carbocycles. The average Bonchev–Trinajstić information content (AvgIpc) is 2.32. The van der Waals surface area contributed by atoms with Gasteiger partial charge in [-0.3, -0.25) is 4.98 Å². The Bertz CT molecular complexity index is 604. The van der Waals surface area contributed by atoms with Crippen LogP contribution in [-0.2, 0) is 0 Å². The van der Waals surface area contributed by atoms with Crippen molar-refractivity contribution in [3.8, 4) is 5.75 Å². The van der Waals surface area contributed by atoms with Crippen molar-refractivity contribution in [1.29, 1.82) is 0 Å². The van der Waals surface area contributed by atoms with E-state index in [-0.39, 0.29) is 0 Å². The number of benzene rings is 1. The molecule has 18 heavy (non-hydrogen) atoms. The molecule has 2 rings (SSSR count). The molecule has 0 unspecified atom stereocenters. The summed E-state index contributed by atoms with van der Waals surface area (Å²) in [5.41, 5.74) is 0.367. The van der Waals surface area contributed by atoms with Crippen molar-refractivity contribution in [2.24, 2.45) is 0 Å². The van der Waals surface area contributed by atoms with Crippen molar-refractivity contribution >= 4 is 49.4 Å². The Balaban J connectivity index is 2.21. The fourth-order valence-electron chi connectivity index (χ4n) is 1.24. The first-order chi connectivity index (χ1) is 8.56. The van der Waals surface area contributed by atoms with Gasteiger partial charge in [0, 0.05) is 21.9 Å². The highest BCUT2D eigenvalue weighted by molar-refractivity contribution is 9.10. The van der Waals surface area contributed by atoms with Crippen molar-refractivity contribution in [2.75, 3.05) is 0 Å². The van der Waals surface area contributed by atoms with Gasteiger partial charge < -0.3 is 4.74 Å². The standard InChI is InChI=1S/C12H6Br2ClNO2/c13-8-3-7(5-16-6-8)12(17)18-11-2-1-9(15)4-10(11)14/h1-6H. The van der Waals surface area contributed by atoms with Gasteiger partial charge in [0.1, 0.15) is 5.75 Å². The second-order valence-electron chi connectivity index (χ2n) is 3.36. The Morgan fingerprint density at radius 3 is 2.67 bits per heavy atom. The van der Waals surface area contributed by atoms with Gasteiger partial charge >= 0.3 is 5.97 Å². The minimum atomic E-state index is -0.480. The summed E-state index contributed by atoms with van der Waals surface area (Å²) in [5, 5.41) is 0.561. The van der Waals surface area contributed by atoms with E-state index >= 15 is 0 Å². The Kier molecular flexibility index (Phi) is 4.37. The molecule has 0 aliphatic rings. The zero-order valence-electron chi connectivity index (χ0n) is 8.86. The number of halogens is 3. The number of carbonyl (C=O) groups is 1. The third-order valence-corrected chi connectivity index (χ3v) is 3.33. The van der Waals surface area contributed by atoms with E-state index in [1.165, 1.54) is 6.20 Å².